The van der Waals surface area contributed by atoms with Crippen LogP contribution in [0.15, 0.2) is 24.3 Å². The molecule has 0 heterocycles. The van der Waals surface area contributed by atoms with Gasteiger partial charge in [0.25, 0.3) is 0 Å². The van der Waals surface area contributed by atoms with Crippen molar-refractivity contribution in [3.63, 3.8) is 0 Å². The minimum atomic E-state index is -4.29. The molecule has 20 heavy (non-hydrogen) atoms. The van der Waals surface area contributed by atoms with Gasteiger partial charge in [0.15, 0.2) is 0 Å². The van der Waals surface area contributed by atoms with Gasteiger partial charge < -0.3 is 5.73 Å². The number of nitrogens with zero attached hydrogens (tertiary/aromatic N) is 1. The highest BCUT2D eigenvalue weighted by Gasteiger charge is 2.33. The zero-order chi connectivity index (χ0) is 14.8. The van der Waals surface area contributed by atoms with E-state index in [0.29, 0.717) is 18.2 Å². The second kappa shape index (κ2) is 6.14. The minimum absolute atomic E-state index is 0.252. The Bertz CT molecular complexity index is 437. The van der Waals surface area contributed by atoms with Crippen LogP contribution in [0.2, 0.25) is 0 Å². The predicted molar refractivity (Wildman–Crippen MR) is 73.1 cm³/mol. The number of hydrogen-bond acceptors (Lipinski definition) is 2. The fraction of sp³-hybridized carbons (Fsp3) is 0.600. The van der Waals surface area contributed by atoms with Crippen LogP contribution in [0.25, 0.3) is 0 Å². The Morgan fingerprint density at radius 1 is 1.15 bits per heavy atom. The molecule has 112 valence electrons. The van der Waals surface area contributed by atoms with E-state index in [1.165, 1.54) is 6.07 Å². The van der Waals surface area contributed by atoms with E-state index in [0.717, 1.165) is 31.7 Å². The van der Waals surface area contributed by atoms with Crippen LogP contribution in [0.1, 0.15) is 36.8 Å². The van der Waals surface area contributed by atoms with Crippen LogP contribution in [-0.4, -0.2) is 24.0 Å². The molecule has 1 aliphatic rings. The number of nitrogens with two attached hydrogens (primary N) is 1. The molecule has 0 bridgehead atoms. The molecule has 0 aromatic heterocycles. The largest absolute Gasteiger partial charge is 0.416 e. The van der Waals surface area contributed by atoms with Gasteiger partial charge in [0.1, 0.15) is 0 Å². The quantitative estimate of drug-likeness (QED) is 0.922. The molecule has 2 N–H and O–H groups in total. The zero-order valence-corrected chi connectivity index (χ0v) is 11.7. The van der Waals surface area contributed by atoms with Gasteiger partial charge in [-0.3, -0.25) is 4.90 Å². The third kappa shape index (κ3) is 3.73. The molecule has 1 aromatic carbocycles. The summed E-state index contributed by atoms with van der Waals surface area (Å²) in [6.07, 6.45) is -0.449. The van der Waals surface area contributed by atoms with Gasteiger partial charge in [0.05, 0.1) is 5.56 Å². The van der Waals surface area contributed by atoms with Crippen LogP contribution in [-0.2, 0) is 12.7 Å². The van der Waals surface area contributed by atoms with Gasteiger partial charge >= 0.3 is 6.18 Å². The summed E-state index contributed by atoms with van der Waals surface area (Å²) in [4.78, 5) is 2.02. The lowest BCUT2D eigenvalue weighted by molar-refractivity contribution is -0.138. The van der Waals surface area contributed by atoms with Crippen LogP contribution in [0.5, 0.6) is 0 Å². The standard InChI is InChI=1S/C15H21F3N2/c1-20(13-8-6-12(19)7-9-13)10-11-4-2-3-5-14(11)15(16,17)18/h2-5,12-13H,6-10,19H2,1H3. The summed E-state index contributed by atoms with van der Waals surface area (Å²) in [5.74, 6) is 0. The number of halogens is 3. The molecule has 1 fully saturated rings. The first kappa shape index (κ1) is 15.3. The van der Waals surface area contributed by atoms with E-state index in [4.69, 9.17) is 5.73 Å². The zero-order valence-electron chi connectivity index (χ0n) is 11.7. The van der Waals surface area contributed by atoms with Crippen molar-refractivity contribution in [1.29, 1.82) is 0 Å². The van der Waals surface area contributed by atoms with Crippen molar-refractivity contribution < 1.29 is 13.2 Å². The highest BCUT2D eigenvalue weighted by Crippen LogP contribution is 2.33. The lowest BCUT2D eigenvalue weighted by Crippen LogP contribution is -2.38. The first-order valence-corrected chi connectivity index (χ1v) is 6.99. The summed E-state index contributed by atoms with van der Waals surface area (Å²) in [6, 6.07) is 6.40. The fourth-order valence-corrected chi connectivity index (χ4v) is 2.87. The summed E-state index contributed by atoms with van der Waals surface area (Å²) >= 11 is 0. The third-order valence-corrected chi connectivity index (χ3v) is 4.11. The van der Waals surface area contributed by atoms with Crippen LogP contribution in [0.3, 0.4) is 0 Å². The molecular formula is C15H21F3N2. The molecule has 0 saturated heterocycles. The Labute approximate surface area is 117 Å². The summed E-state index contributed by atoms with van der Waals surface area (Å²) in [6.45, 7) is 0.329. The lowest BCUT2D eigenvalue weighted by atomic mass is 9.90. The van der Waals surface area contributed by atoms with E-state index >= 15 is 0 Å². The maximum Gasteiger partial charge on any atom is 0.416 e. The average molecular weight is 286 g/mol. The Kier molecular flexibility index (Phi) is 4.70. The first-order valence-electron chi connectivity index (χ1n) is 6.99. The third-order valence-electron chi connectivity index (χ3n) is 4.11. The van der Waals surface area contributed by atoms with Crippen molar-refractivity contribution in [2.24, 2.45) is 5.73 Å². The number of alkyl halides is 3. The second-order valence-electron chi connectivity index (χ2n) is 5.64. The predicted octanol–water partition coefficient (Wildman–Crippen LogP) is 3.41. The van der Waals surface area contributed by atoms with E-state index in [1.54, 1.807) is 12.1 Å². The van der Waals surface area contributed by atoms with E-state index in [-0.39, 0.29) is 6.04 Å². The van der Waals surface area contributed by atoms with Crippen molar-refractivity contribution in [1.82, 2.24) is 4.90 Å². The monoisotopic (exact) mass is 286 g/mol. The van der Waals surface area contributed by atoms with Gasteiger partial charge in [-0.15, -0.1) is 0 Å². The topological polar surface area (TPSA) is 29.3 Å². The molecular weight excluding hydrogens is 265 g/mol. The maximum absolute atomic E-state index is 13.0. The lowest BCUT2D eigenvalue weighted by Gasteiger charge is -2.34. The number of benzene rings is 1. The smallest absolute Gasteiger partial charge is 0.328 e. The molecule has 1 saturated carbocycles. The Morgan fingerprint density at radius 2 is 1.75 bits per heavy atom. The normalized spacial score (nSPS) is 24.1. The molecule has 1 aliphatic carbocycles. The SMILES string of the molecule is CN(Cc1ccccc1C(F)(F)F)C1CCC(N)CC1. The van der Waals surface area contributed by atoms with E-state index in [2.05, 4.69) is 0 Å². The van der Waals surface area contributed by atoms with Crippen molar-refractivity contribution >= 4 is 0 Å². The first-order chi connectivity index (χ1) is 9.38. The maximum atomic E-state index is 13.0. The van der Waals surface area contributed by atoms with E-state index in [9.17, 15) is 13.2 Å². The molecule has 0 amide bonds. The Hall–Kier alpha value is -1.07. The number of hydrogen-bond donors (Lipinski definition) is 1. The molecule has 0 aliphatic heterocycles. The highest BCUT2D eigenvalue weighted by molar-refractivity contribution is 5.29. The van der Waals surface area contributed by atoms with Gasteiger partial charge in [-0.05, 0) is 44.4 Å². The summed E-state index contributed by atoms with van der Waals surface area (Å²) in [5.41, 5.74) is 5.68. The van der Waals surface area contributed by atoms with E-state index < -0.39 is 11.7 Å². The average Bonchev–Trinajstić information content (AvgIpc) is 2.38. The summed E-state index contributed by atoms with van der Waals surface area (Å²) in [7, 11) is 1.90. The van der Waals surface area contributed by atoms with Crippen molar-refractivity contribution in [2.75, 3.05) is 7.05 Å². The van der Waals surface area contributed by atoms with Crippen molar-refractivity contribution in [3.05, 3.63) is 35.4 Å². The Balaban J connectivity index is 2.06. The van der Waals surface area contributed by atoms with Gasteiger partial charge in [0, 0.05) is 18.6 Å². The van der Waals surface area contributed by atoms with Crippen molar-refractivity contribution in [2.45, 2.75) is 50.5 Å². The molecule has 0 radical (unpaired) electrons. The second-order valence-corrected chi connectivity index (χ2v) is 5.64. The summed E-state index contributed by atoms with van der Waals surface area (Å²) < 4.78 is 38.9. The van der Waals surface area contributed by atoms with Crippen LogP contribution in [0, 0.1) is 0 Å². The van der Waals surface area contributed by atoms with Crippen LogP contribution < -0.4 is 5.73 Å². The van der Waals surface area contributed by atoms with E-state index in [1.807, 2.05) is 11.9 Å². The van der Waals surface area contributed by atoms with Gasteiger partial charge in [0.2, 0.25) is 0 Å². The minimum Gasteiger partial charge on any atom is -0.328 e. The van der Waals surface area contributed by atoms with Gasteiger partial charge in [-0.25, -0.2) is 0 Å². The number of rotatable bonds is 3. The van der Waals surface area contributed by atoms with Crippen molar-refractivity contribution in [3.8, 4) is 0 Å². The summed E-state index contributed by atoms with van der Waals surface area (Å²) in [5, 5.41) is 0. The van der Waals surface area contributed by atoms with Gasteiger partial charge in [-0.1, -0.05) is 18.2 Å². The molecule has 2 nitrogen and oxygen atoms in total. The molecule has 0 atom stereocenters. The molecule has 0 spiro atoms. The Morgan fingerprint density at radius 3 is 2.35 bits per heavy atom. The van der Waals surface area contributed by atoms with Gasteiger partial charge in [-0.2, -0.15) is 13.2 Å². The van der Waals surface area contributed by atoms with Crippen LogP contribution in [0.4, 0.5) is 13.2 Å². The molecule has 5 heteroatoms. The molecule has 2 rings (SSSR count). The molecule has 1 aromatic rings. The molecule has 0 unspecified atom stereocenters. The fourth-order valence-electron chi connectivity index (χ4n) is 2.87. The highest BCUT2D eigenvalue weighted by atomic mass is 19.4. The van der Waals surface area contributed by atoms with Crippen LogP contribution >= 0.6 is 0 Å².